The normalized spacial score (nSPS) is 25.7. The van der Waals surface area contributed by atoms with Gasteiger partial charge < -0.3 is 49.6 Å². The van der Waals surface area contributed by atoms with Gasteiger partial charge in [0.25, 0.3) is 0 Å². The second-order valence-corrected chi connectivity index (χ2v) is 7.29. The molecule has 3 aromatic rings. The monoisotopic (exact) mass is 448 g/mol. The van der Waals surface area contributed by atoms with Gasteiger partial charge in [0.2, 0.25) is 17.5 Å². The fraction of sp³-hybridized carbons (Fsp3) is 0.286. The Morgan fingerprint density at radius 3 is 2.28 bits per heavy atom. The van der Waals surface area contributed by atoms with Gasteiger partial charge in [-0.05, 0) is 24.3 Å². The number of benzene rings is 2. The molecule has 32 heavy (non-hydrogen) atoms. The molecule has 1 aromatic heterocycles. The van der Waals surface area contributed by atoms with Gasteiger partial charge in [0, 0.05) is 17.7 Å². The van der Waals surface area contributed by atoms with Crippen LogP contribution >= 0.6 is 0 Å². The highest BCUT2D eigenvalue weighted by Gasteiger charge is 2.44. The lowest BCUT2D eigenvalue weighted by atomic mass is 9.99. The van der Waals surface area contributed by atoms with E-state index in [0.29, 0.717) is 0 Å². The summed E-state index contributed by atoms with van der Waals surface area (Å²) >= 11 is 0. The Hall–Kier alpha value is -3.35. The molecule has 1 fully saturated rings. The van der Waals surface area contributed by atoms with Crippen molar-refractivity contribution < 1.29 is 49.6 Å². The number of phenolic OH excluding ortho intramolecular Hbond substituents is 2. The van der Waals surface area contributed by atoms with Crippen LogP contribution in [0.3, 0.4) is 0 Å². The van der Waals surface area contributed by atoms with Gasteiger partial charge in [0.15, 0.2) is 5.76 Å². The summed E-state index contributed by atoms with van der Waals surface area (Å²) in [4.78, 5) is 12.6. The van der Waals surface area contributed by atoms with Crippen LogP contribution in [0.1, 0.15) is 0 Å². The quantitative estimate of drug-likeness (QED) is 0.279. The number of hydrogen-bond donors (Lipinski definition) is 7. The molecule has 1 aliphatic rings. The van der Waals surface area contributed by atoms with Crippen molar-refractivity contribution in [1.82, 2.24) is 0 Å². The Balaban J connectivity index is 1.75. The summed E-state index contributed by atoms with van der Waals surface area (Å²) in [5, 5.41) is 68.9. The number of rotatable bonds is 4. The number of aliphatic hydroxyl groups is 4. The van der Waals surface area contributed by atoms with E-state index in [1.54, 1.807) is 0 Å². The van der Waals surface area contributed by atoms with Gasteiger partial charge in [-0.1, -0.05) is 0 Å². The maximum atomic E-state index is 12.6. The maximum Gasteiger partial charge on any atom is 0.238 e. The number of ether oxygens (including phenoxy) is 2. The first-order chi connectivity index (χ1) is 15.2. The summed E-state index contributed by atoms with van der Waals surface area (Å²) in [6, 6.07) is 7.69. The third-order valence-electron chi connectivity index (χ3n) is 5.15. The second kappa shape index (κ2) is 8.30. The average Bonchev–Trinajstić information content (AvgIpc) is 2.77. The van der Waals surface area contributed by atoms with Gasteiger partial charge in [-0.15, -0.1) is 0 Å². The minimum absolute atomic E-state index is 0.0377. The molecule has 2 heterocycles. The van der Waals surface area contributed by atoms with E-state index in [9.17, 15) is 40.5 Å². The van der Waals surface area contributed by atoms with Crippen LogP contribution in [0.5, 0.6) is 23.0 Å². The molecule has 0 bridgehead atoms. The number of aromatic hydroxyl groups is 3. The minimum atomic E-state index is -1.69. The molecule has 170 valence electrons. The molecule has 11 nitrogen and oxygen atoms in total. The third-order valence-corrected chi connectivity index (χ3v) is 5.15. The third kappa shape index (κ3) is 3.72. The number of aliphatic hydroxyl groups excluding tert-OH is 4. The summed E-state index contributed by atoms with van der Waals surface area (Å²) in [6.07, 6.45) is -7.67. The summed E-state index contributed by atoms with van der Waals surface area (Å²) in [5.74, 6) is -1.73. The predicted molar refractivity (Wildman–Crippen MR) is 107 cm³/mol. The van der Waals surface area contributed by atoms with Gasteiger partial charge in [-0.2, -0.15) is 0 Å². The summed E-state index contributed by atoms with van der Waals surface area (Å²) in [7, 11) is 0. The van der Waals surface area contributed by atoms with Crippen molar-refractivity contribution >= 4 is 11.0 Å². The van der Waals surface area contributed by atoms with Crippen molar-refractivity contribution in [3.05, 3.63) is 46.6 Å². The van der Waals surface area contributed by atoms with Gasteiger partial charge >= 0.3 is 0 Å². The molecular formula is C21H20O11. The molecule has 0 amide bonds. The molecule has 4 rings (SSSR count). The highest BCUT2D eigenvalue weighted by molar-refractivity contribution is 5.88. The smallest absolute Gasteiger partial charge is 0.238 e. The van der Waals surface area contributed by atoms with Crippen molar-refractivity contribution in [2.45, 2.75) is 30.7 Å². The van der Waals surface area contributed by atoms with E-state index in [4.69, 9.17) is 13.9 Å². The van der Waals surface area contributed by atoms with Crippen molar-refractivity contribution in [3.63, 3.8) is 0 Å². The zero-order valence-electron chi connectivity index (χ0n) is 16.3. The molecule has 0 unspecified atom stereocenters. The minimum Gasteiger partial charge on any atom is -0.508 e. The highest BCUT2D eigenvalue weighted by atomic mass is 16.7. The fourth-order valence-electron chi connectivity index (χ4n) is 3.44. The zero-order valence-corrected chi connectivity index (χ0v) is 16.3. The van der Waals surface area contributed by atoms with Crippen LogP contribution in [0.15, 0.2) is 45.6 Å². The first kappa shape index (κ1) is 21.9. The van der Waals surface area contributed by atoms with Crippen LogP contribution < -0.4 is 10.2 Å². The topological polar surface area (TPSA) is 190 Å². The Morgan fingerprint density at radius 2 is 1.62 bits per heavy atom. The molecule has 0 spiro atoms. The van der Waals surface area contributed by atoms with Crippen molar-refractivity contribution in [2.24, 2.45) is 0 Å². The maximum absolute atomic E-state index is 12.6. The van der Waals surface area contributed by atoms with Crippen LogP contribution in [0.4, 0.5) is 0 Å². The lowest BCUT2D eigenvalue weighted by Gasteiger charge is -2.39. The average molecular weight is 448 g/mol. The summed E-state index contributed by atoms with van der Waals surface area (Å²) in [5.41, 5.74) is -0.805. The molecule has 7 N–H and O–H groups in total. The highest BCUT2D eigenvalue weighted by Crippen LogP contribution is 2.36. The molecule has 2 aromatic carbocycles. The van der Waals surface area contributed by atoms with Gasteiger partial charge in [0.1, 0.15) is 52.6 Å². The van der Waals surface area contributed by atoms with E-state index in [1.165, 1.54) is 30.3 Å². The van der Waals surface area contributed by atoms with Gasteiger partial charge in [0.05, 0.1) is 6.61 Å². The Morgan fingerprint density at radius 1 is 0.938 bits per heavy atom. The summed E-state index contributed by atoms with van der Waals surface area (Å²) in [6.45, 7) is -0.655. The predicted octanol–water partition coefficient (Wildman–Crippen LogP) is -0.245. The van der Waals surface area contributed by atoms with Crippen molar-refractivity contribution in [1.29, 1.82) is 0 Å². The van der Waals surface area contributed by atoms with E-state index >= 15 is 0 Å². The molecular weight excluding hydrogens is 428 g/mol. The molecule has 0 radical (unpaired) electrons. The fourth-order valence-corrected chi connectivity index (χ4v) is 3.44. The molecule has 11 heteroatoms. The number of fused-ring (bicyclic) bond motifs is 1. The van der Waals surface area contributed by atoms with Crippen molar-refractivity contribution in [3.8, 4) is 34.3 Å². The number of phenols is 2. The van der Waals surface area contributed by atoms with E-state index in [0.717, 1.165) is 6.07 Å². The lowest BCUT2D eigenvalue weighted by molar-refractivity contribution is -0.277. The molecule has 0 saturated carbocycles. The Kier molecular flexibility index (Phi) is 5.67. The Labute approximate surface area is 179 Å². The van der Waals surface area contributed by atoms with Crippen LogP contribution in [0, 0.1) is 0 Å². The van der Waals surface area contributed by atoms with E-state index in [-0.39, 0.29) is 33.8 Å². The number of hydrogen-bond acceptors (Lipinski definition) is 11. The largest absolute Gasteiger partial charge is 0.508 e. The van der Waals surface area contributed by atoms with E-state index in [2.05, 4.69) is 0 Å². The van der Waals surface area contributed by atoms with Gasteiger partial charge in [-0.25, -0.2) is 0 Å². The standard InChI is InChI=1S/C21H20O11/c22-7-13-15(25)17(27)19(29)21(32-13)30-10-5-11(24)14-12(6-10)31-20(18(28)16(14)26)8-1-3-9(23)4-2-8/h1-6,13,15,17,19,21-25,27-29H,7H2/t13-,15-,17+,19-,21-/m0/s1. The van der Waals surface area contributed by atoms with Crippen LogP contribution in [0.25, 0.3) is 22.3 Å². The molecule has 1 aliphatic heterocycles. The second-order valence-electron chi connectivity index (χ2n) is 7.29. The van der Waals surface area contributed by atoms with Crippen LogP contribution in [-0.4, -0.2) is 73.1 Å². The van der Waals surface area contributed by atoms with Crippen LogP contribution in [-0.2, 0) is 4.74 Å². The lowest BCUT2D eigenvalue weighted by Crippen LogP contribution is -2.60. The zero-order chi connectivity index (χ0) is 23.2. The Bertz CT molecular complexity index is 1190. The molecule has 5 atom stereocenters. The molecule has 0 aliphatic carbocycles. The van der Waals surface area contributed by atoms with Crippen molar-refractivity contribution in [2.75, 3.05) is 6.61 Å². The SMILES string of the molecule is O=c1c(O)c(-c2ccc(O)cc2)oc2cc(O[C@H]3O[C@@H](CO)[C@H](O)[C@@H](O)[C@@H]3O)cc(O)c12. The van der Waals surface area contributed by atoms with Gasteiger partial charge in [-0.3, -0.25) is 4.79 Å². The first-order valence-electron chi connectivity index (χ1n) is 9.50. The van der Waals surface area contributed by atoms with E-state index < -0.39 is 54.2 Å². The summed E-state index contributed by atoms with van der Waals surface area (Å²) < 4.78 is 16.3. The van der Waals surface area contributed by atoms with Crippen LogP contribution in [0.2, 0.25) is 0 Å². The first-order valence-corrected chi connectivity index (χ1v) is 9.50. The van der Waals surface area contributed by atoms with E-state index in [1.807, 2.05) is 0 Å². The molecule has 1 saturated heterocycles.